The molecule has 6 nitrogen and oxygen atoms in total. The topological polar surface area (TPSA) is 93.2 Å². The fourth-order valence-corrected chi connectivity index (χ4v) is 1.70. The van der Waals surface area contributed by atoms with Gasteiger partial charge in [-0.05, 0) is 18.6 Å². The number of esters is 1. The Bertz CT molecular complexity index is 620. The van der Waals surface area contributed by atoms with Gasteiger partial charge in [0.05, 0.1) is 23.5 Å². The Morgan fingerprint density at radius 1 is 1.48 bits per heavy atom. The molecule has 0 unspecified atom stereocenters. The fourth-order valence-electron chi connectivity index (χ4n) is 1.70. The average Bonchev–Trinajstić information content (AvgIpc) is 2.36. The van der Waals surface area contributed by atoms with Crippen molar-refractivity contribution in [3.05, 3.63) is 38.9 Å². The van der Waals surface area contributed by atoms with Crippen molar-refractivity contribution >= 4 is 11.7 Å². The molecule has 0 amide bonds. The van der Waals surface area contributed by atoms with Crippen LogP contribution in [0.3, 0.4) is 0 Å². The number of halogens is 3. The summed E-state index contributed by atoms with van der Waals surface area (Å²) in [6.07, 6.45) is -5.50. The summed E-state index contributed by atoms with van der Waals surface area (Å²) in [5, 5.41) is 19.5. The molecule has 0 N–H and O–H groups in total. The zero-order valence-corrected chi connectivity index (χ0v) is 10.7. The van der Waals surface area contributed by atoms with Crippen LogP contribution in [0, 0.1) is 21.4 Å². The molecule has 0 atom stereocenters. The third kappa shape index (κ3) is 3.92. The number of alkyl halides is 3. The number of nitro benzene ring substituents is 1. The van der Waals surface area contributed by atoms with E-state index in [0.29, 0.717) is 6.07 Å². The molecular formula is C12H9F3N2O4. The summed E-state index contributed by atoms with van der Waals surface area (Å²) in [7, 11) is 0. The van der Waals surface area contributed by atoms with E-state index >= 15 is 0 Å². The number of nitriles is 1. The minimum Gasteiger partial charge on any atom is -0.466 e. The Morgan fingerprint density at radius 2 is 2.10 bits per heavy atom. The van der Waals surface area contributed by atoms with Crippen molar-refractivity contribution in [1.82, 2.24) is 0 Å². The first-order valence-electron chi connectivity index (χ1n) is 5.65. The van der Waals surface area contributed by atoms with E-state index in [1.807, 2.05) is 0 Å². The zero-order chi connectivity index (χ0) is 16.2. The van der Waals surface area contributed by atoms with Crippen LogP contribution in [0.2, 0.25) is 0 Å². The average molecular weight is 302 g/mol. The molecule has 0 fully saturated rings. The molecule has 0 aliphatic heterocycles. The number of hydrogen-bond acceptors (Lipinski definition) is 5. The molecule has 21 heavy (non-hydrogen) atoms. The minimum atomic E-state index is -5.05. The zero-order valence-electron chi connectivity index (χ0n) is 10.7. The molecule has 0 spiro atoms. The summed E-state index contributed by atoms with van der Waals surface area (Å²) in [6.45, 7) is 1.60. The van der Waals surface area contributed by atoms with Gasteiger partial charge in [0.15, 0.2) is 5.56 Å². The summed E-state index contributed by atoms with van der Waals surface area (Å²) in [4.78, 5) is 20.8. The normalized spacial score (nSPS) is 10.8. The first kappa shape index (κ1) is 16.4. The second kappa shape index (κ2) is 6.21. The molecule has 112 valence electrons. The maximum atomic E-state index is 12.8. The summed E-state index contributed by atoms with van der Waals surface area (Å²) in [6, 6.07) is 2.69. The van der Waals surface area contributed by atoms with Crippen LogP contribution in [0.4, 0.5) is 18.9 Å². The molecule has 9 heteroatoms. The lowest BCUT2D eigenvalue weighted by molar-refractivity contribution is -0.388. The number of hydrogen-bond donors (Lipinski definition) is 0. The maximum absolute atomic E-state index is 12.8. The molecule has 0 radical (unpaired) electrons. The van der Waals surface area contributed by atoms with E-state index in [0.717, 1.165) is 6.07 Å². The Morgan fingerprint density at radius 3 is 2.52 bits per heavy atom. The number of benzene rings is 1. The lowest BCUT2D eigenvalue weighted by atomic mass is 10.0. The number of rotatable bonds is 4. The lowest BCUT2D eigenvalue weighted by Crippen LogP contribution is -2.14. The second-order valence-corrected chi connectivity index (χ2v) is 3.89. The number of ether oxygens (including phenoxy) is 1. The van der Waals surface area contributed by atoms with Crippen molar-refractivity contribution in [2.75, 3.05) is 6.61 Å². The van der Waals surface area contributed by atoms with Gasteiger partial charge in [0.2, 0.25) is 0 Å². The maximum Gasteiger partial charge on any atom is 0.424 e. The third-order valence-electron chi connectivity index (χ3n) is 2.43. The monoisotopic (exact) mass is 302 g/mol. The Kier molecular flexibility index (Phi) is 4.86. The number of nitrogens with zero attached hydrogens (tertiary/aromatic N) is 2. The van der Waals surface area contributed by atoms with Gasteiger partial charge < -0.3 is 4.74 Å². The van der Waals surface area contributed by atoms with Gasteiger partial charge in [-0.25, -0.2) is 0 Å². The molecular weight excluding hydrogens is 293 g/mol. The third-order valence-corrected chi connectivity index (χ3v) is 2.43. The van der Waals surface area contributed by atoms with Gasteiger partial charge in [-0.15, -0.1) is 0 Å². The van der Waals surface area contributed by atoms with Crippen molar-refractivity contribution in [1.29, 1.82) is 5.26 Å². The lowest BCUT2D eigenvalue weighted by Gasteiger charge is -2.11. The molecule has 1 rings (SSSR count). The van der Waals surface area contributed by atoms with Crippen molar-refractivity contribution in [3.63, 3.8) is 0 Å². The van der Waals surface area contributed by atoms with Crippen LogP contribution < -0.4 is 0 Å². The highest BCUT2D eigenvalue weighted by Gasteiger charge is 2.41. The van der Waals surface area contributed by atoms with E-state index in [9.17, 15) is 28.1 Å². The van der Waals surface area contributed by atoms with E-state index in [-0.39, 0.29) is 12.2 Å². The summed E-state index contributed by atoms with van der Waals surface area (Å²) < 4.78 is 43.1. The molecule has 1 aromatic rings. The molecule has 0 heterocycles. The Labute approximate surface area is 116 Å². The molecule has 0 aromatic heterocycles. The van der Waals surface area contributed by atoms with E-state index in [2.05, 4.69) is 4.74 Å². The van der Waals surface area contributed by atoms with Gasteiger partial charge in [0, 0.05) is 6.07 Å². The van der Waals surface area contributed by atoms with Crippen molar-refractivity contribution < 1.29 is 27.6 Å². The van der Waals surface area contributed by atoms with Crippen LogP contribution in [0.1, 0.15) is 23.6 Å². The Hall–Kier alpha value is -2.63. The fraction of sp³-hybridized carbons (Fsp3) is 0.333. The van der Waals surface area contributed by atoms with Crippen LogP contribution in [-0.2, 0) is 22.1 Å². The van der Waals surface area contributed by atoms with E-state index in [4.69, 9.17) is 5.26 Å². The SMILES string of the molecule is CCOC(=O)Cc1cc(C#N)c(C(F)(F)F)c([N+](=O)[O-])c1. The molecule has 0 aliphatic rings. The Balaban J connectivity index is 3.42. The quantitative estimate of drug-likeness (QED) is 0.484. The highest BCUT2D eigenvalue weighted by Crippen LogP contribution is 2.39. The molecule has 1 aromatic carbocycles. The molecule has 0 bridgehead atoms. The summed E-state index contributed by atoms with van der Waals surface area (Å²) in [5.41, 5.74) is -3.89. The standard InChI is InChI=1S/C12H9F3N2O4/c1-2-21-10(18)5-7-3-8(6-16)11(12(13,14)15)9(4-7)17(19)20/h3-4H,2,5H2,1H3. The first-order chi connectivity index (χ1) is 9.70. The van der Waals surface area contributed by atoms with Crippen molar-refractivity contribution in [3.8, 4) is 6.07 Å². The van der Waals surface area contributed by atoms with Gasteiger partial charge in [0.25, 0.3) is 5.69 Å². The smallest absolute Gasteiger partial charge is 0.424 e. The van der Waals surface area contributed by atoms with Crippen LogP contribution in [0.15, 0.2) is 12.1 Å². The van der Waals surface area contributed by atoms with Gasteiger partial charge >= 0.3 is 12.1 Å². The minimum absolute atomic E-state index is 0.0622. The summed E-state index contributed by atoms with van der Waals surface area (Å²) in [5.74, 6) is -0.754. The number of nitro groups is 1. The van der Waals surface area contributed by atoms with Crippen molar-refractivity contribution in [2.45, 2.75) is 19.5 Å². The van der Waals surface area contributed by atoms with Gasteiger partial charge in [-0.2, -0.15) is 18.4 Å². The van der Waals surface area contributed by atoms with Crippen molar-refractivity contribution in [2.24, 2.45) is 0 Å². The molecule has 0 aliphatic carbocycles. The van der Waals surface area contributed by atoms with Crippen LogP contribution >= 0.6 is 0 Å². The van der Waals surface area contributed by atoms with E-state index in [1.54, 1.807) is 0 Å². The van der Waals surface area contributed by atoms with E-state index < -0.39 is 40.3 Å². The largest absolute Gasteiger partial charge is 0.466 e. The first-order valence-corrected chi connectivity index (χ1v) is 5.65. The van der Waals surface area contributed by atoms with Crippen LogP contribution in [-0.4, -0.2) is 17.5 Å². The van der Waals surface area contributed by atoms with Gasteiger partial charge in [-0.3, -0.25) is 14.9 Å². The molecule has 0 saturated carbocycles. The summed E-state index contributed by atoms with van der Waals surface area (Å²) >= 11 is 0. The van der Waals surface area contributed by atoms with E-state index in [1.165, 1.54) is 13.0 Å². The van der Waals surface area contributed by atoms with Crippen LogP contribution in [0.25, 0.3) is 0 Å². The molecule has 0 saturated heterocycles. The number of carbonyl (C=O) groups excluding carboxylic acids is 1. The highest BCUT2D eigenvalue weighted by molar-refractivity contribution is 5.73. The highest BCUT2D eigenvalue weighted by atomic mass is 19.4. The van der Waals surface area contributed by atoms with Gasteiger partial charge in [0.1, 0.15) is 6.07 Å². The predicted molar refractivity (Wildman–Crippen MR) is 63.2 cm³/mol. The second-order valence-electron chi connectivity index (χ2n) is 3.89. The van der Waals surface area contributed by atoms with Crippen LogP contribution in [0.5, 0.6) is 0 Å². The number of carbonyl (C=O) groups is 1. The van der Waals surface area contributed by atoms with Gasteiger partial charge in [-0.1, -0.05) is 0 Å². The predicted octanol–water partition coefficient (Wildman–Crippen LogP) is 2.59.